The van der Waals surface area contributed by atoms with E-state index in [2.05, 4.69) is 4.98 Å². The van der Waals surface area contributed by atoms with Crippen molar-refractivity contribution in [3.8, 4) is 0 Å². The van der Waals surface area contributed by atoms with Gasteiger partial charge in [-0.3, -0.25) is 4.79 Å². The predicted octanol–water partition coefficient (Wildman–Crippen LogP) is 1.64. The molecule has 4 nitrogen and oxygen atoms in total. The average Bonchev–Trinajstić information content (AvgIpc) is 2.86. The van der Waals surface area contributed by atoms with Crippen molar-refractivity contribution in [3.05, 3.63) is 29.5 Å². The van der Waals surface area contributed by atoms with Gasteiger partial charge in [0.1, 0.15) is 0 Å². The third-order valence-corrected chi connectivity index (χ3v) is 3.45. The van der Waals surface area contributed by atoms with Gasteiger partial charge in [-0.15, -0.1) is 0 Å². The molecule has 0 fully saturated rings. The van der Waals surface area contributed by atoms with E-state index in [-0.39, 0.29) is 11.9 Å². The van der Waals surface area contributed by atoms with Gasteiger partial charge in [0.15, 0.2) is 0 Å². The zero-order chi connectivity index (χ0) is 12.0. The van der Waals surface area contributed by atoms with E-state index < -0.39 is 0 Å². The topological polar surface area (TPSA) is 68.1 Å². The number of nitrogen functional groups attached to an aromatic ring is 1. The number of ether oxygens (including phenoxy) is 1. The summed E-state index contributed by atoms with van der Waals surface area (Å²) in [6, 6.07) is 5.83. The van der Waals surface area contributed by atoms with Gasteiger partial charge in [0.25, 0.3) is 0 Å². The lowest BCUT2D eigenvalue weighted by atomic mass is 10.1. The summed E-state index contributed by atoms with van der Waals surface area (Å²) in [5, 5.41) is 1.13. The Balaban J connectivity index is 2.04. The monoisotopic (exact) mass is 230 g/mol. The highest BCUT2D eigenvalue weighted by Crippen LogP contribution is 2.34. The highest BCUT2D eigenvalue weighted by atomic mass is 16.5. The Kier molecular flexibility index (Phi) is 2.11. The van der Waals surface area contributed by atoms with E-state index in [9.17, 15) is 4.79 Å². The smallest absolute Gasteiger partial charge is 0.309 e. The Hall–Kier alpha value is -1.97. The lowest BCUT2D eigenvalue weighted by molar-refractivity contribution is -0.145. The standard InChI is InChI=1S/C13H14N2O2/c1-17-13(16)7-4-9-10-6-8(14)2-3-11(10)15-12(9)5-7/h2-3,6-7,15H,4-5,14H2,1H3/t7-/m0/s1. The lowest BCUT2D eigenvalue weighted by Gasteiger charge is -2.06. The van der Waals surface area contributed by atoms with E-state index in [1.54, 1.807) is 0 Å². The summed E-state index contributed by atoms with van der Waals surface area (Å²) in [7, 11) is 1.44. The van der Waals surface area contributed by atoms with Crippen LogP contribution in [-0.4, -0.2) is 18.1 Å². The van der Waals surface area contributed by atoms with Crippen molar-refractivity contribution in [2.75, 3.05) is 12.8 Å². The quantitative estimate of drug-likeness (QED) is 0.578. The summed E-state index contributed by atoms with van der Waals surface area (Å²) < 4.78 is 4.79. The zero-order valence-electron chi connectivity index (χ0n) is 9.62. The Morgan fingerprint density at radius 3 is 3.06 bits per heavy atom. The van der Waals surface area contributed by atoms with Crippen molar-refractivity contribution in [2.24, 2.45) is 5.92 Å². The van der Waals surface area contributed by atoms with Crippen molar-refractivity contribution >= 4 is 22.6 Å². The largest absolute Gasteiger partial charge is 0.469 e. The minimum atomic E-state index is -0.133. The number of rotatable bonds is 1. The van der Waals surface area contributed by atoms with Crippen LogP contribution in [0.5, 0.6) is 0 Å². The molecule has 0 bridgehead atoms. The fourth-order valence-electron chi connectivity index (χ4n) is 2.63. The number of nitrogens with two attached hydrogens (primary N) is 1. The first kappa shape index (κ1) is 10.2. The van der Waals surface area contributed by atoms with Gasteiger partial charge in [-0.05, 0) is 30.2 Å². The molecule has 0 saturated heterocycles. The zero-order valence-corrected chi connectivity index (χ0v) is 9.62. The summed E-state index contributed by atoms with van der Waals surface area (Å²) in [4.78, 5) is 14.9. The molecule has 3 rings (SSSR count). The van der Waals surface area contributed by atoms with Crippen LogP contribution in [0.15, 0.2) is 18.2 Å². The minimum absolute atomic E-state index is 0.0490. The van der Waals surface area contributed by atoms with Gasteiger partial charge in [0, 0.05) is 28.7 Å². The second kappa shape index (κ2) is 3.52. The molecule has 4 heteroatoms. The lowest BCUT2D eigenvalue weighted by Crippen LogP contribution is -2.16. The number of aromatic amines is 1. The van der Waals surface area contributed by atoms with Crippen molar-refractivity contribution in [1.29, 1.82) is 0 Å². The van der Waals surface area contributed by atoms with Gasteiger partial charge < -0.3 is 15.5 Å². The van der Waals surface area contributed by atoms with Crippen molar-refractivity contribution in [1.82, 2.24) is 4.98 Å². The van der Waals surface area contributed by atoms with Crippen LogP contribution in [0.1, 0.15) is 11.3 Å². The third kappa shape index (κ3) is 1.48. The number of nitrogens with one attached hydrogen (secondary N) is 1. The number of benzene rings is 1. The van der Waals surface area contributed by atoms with Crippen LogP contribution < -0.4 is 5.73 Å². The SMILES string of the molecule is COC(=O)[C@@H]1Cc2[nH]c3ccc(N)cc3c2C1. The van der Waals surface area contributed by atoms with Crippen LogP contribution in [-0.2, 0) is 22.4 Å². The molecule has 2 aromatic rings. The molecule has 17 heavy (non-hydrogen) atoms. The van der Waals surface area contributed by atoms with Crippen molar-refractivity contribution < 1.29 is 9.53 Å². The van der Waals surface area contributed by atoms with Crippen LogP contribution in [0.2, 0.25) is 0 Å². The van der Waals surface area contributed by atoms with E-state index in [0.29, 0.717) is 0 Å². The van der Waals surface area contributed by atoms with Crippen LogP contribution >= 0.6 is 0 Å². The summed E-state index contributed by atoms with van der Waals surface area (Å²) in [5.41, 5.74) is 9.98. The summed E-state index contributed by atoms with van der Waals surface area (Å²) in [5.74, 6) is -0.182. The van der Waals surface area contributed by atoms with Gasteiger partial charge >= 0.3 is 5.97 Å². The number of methoxy groups -OCH3 is 1. The molecular formula is C13H14N2O2. The molecule has 1 aromatic carbocycles. The number of carbonyl (C=O) groups is 1. The number of hydrogen-bond acceptors (Lipinski definition) is 3. The molecule has 0 unspecified atom stereocenters. The molecule has 1 atom stereocenters. The summed E-state index contributed by atoms with van der Waals surface area (Å²) >= 11 is 0. The Bertz CT molecular complexity index is 601. The molecule has 0 amide bonds. The van der Waals surface area contributed by atoms with Crippen molar-refractivity contribution in [3.63, 3.8) is 0 Å². The first-order chi connectivity index (χ1) is 8.19. The second-order valence-electron chi connectivity index (χ2n) is 4.52. The third-order valence-electron chi connectivity index (χ3n) is 3.45. The van der Waals surface area contributed by atoms with Gasteiger partial charge in [-0.1, -0.05) is 0 Å². The number of esters is 1. The highest BCUT2D eigenvalue weighted by Gasteiger charge is 2.30. The highest BCUT2D eigenvalue weighted by molar-refractivity contribution is 5.89. The molecule has 0 aliphatic heterocycles. The number of fused-ring (bicyclic) bond motifs is 3. The second-order valence-corrected chi connectivity index (χ2v) is 4.52. The fourth-order valence-corrected chi connectivity index (χ4v) is 2.63. The molecule has 3 N–H and O–H groups in total. The Morgan fingerprint density at radius 2 is 2.29 bits per heavy atom. The molecule has 1 aromatic heterocycles. The van der Waals surface area contributed by atoms with Crippen LogP contribution in [0.25, 0.3) is 10.9 Å². The maximum atomic E-state index is 11.5. The Morgan fingerprint density at radius 1 is 1.47 bits per heavy atom. The van der Waals surface area contributed by atoms with E-state index >= 15 is 0 Å². The van der Waals surface area contributed by atoms with E-state index in [4.69, 9.17) is 10.5 Å². The van der Waals surface area contributed by atoms with Gasteiger partial charge in [0.2, 0.25) is 0 Å². The van der Waals surface area contributed by atoms with E-state index in [1.807, 2.05) is 18.2 Å². The van der Waals surface area contributed by atoms with E-state index in [1.165, 1.54) is 12.7 Å². The average molecular weight is 230 g/mol. The van der Waals surface area contributed by atoms with E-state index in [0.717, 1.165) is 35.1 Å². The maximum Gasteiger partial charge on any atom is 0.309 e. The normalized spacial score (nSPS) is 18.3. The molecule has 1 aliphatic rings. The fraction of sp³-hybridized carbons (Fsp3) is 0.308. The number of hydrogen-bond donors (Lipinski definition) is 2. The van der Waals surface area contributed by atoms with Crippen LogP contribution in [0.4, 0.5) is 5.69 Å². The summed E-state index contributed by atoms with van der Waals surface area (Å²) in [6.45, 7) is 0. The van der Waals surface area contributed by atoms with Crippen molar-refractivity contribution in [2.45, 2.75) is 12.8 Å². The maximum absolute atomic E-state index is 11.5. The molecule has 1 aliphatic carbocycles. The number of carbonyl (C=O) groups excluding carboxylic acids is 1. The predicted molar refractivity (Wildman–Crippen MR) is 65.6 cm³/mol. The van der Waals surface area contributed by atoms with Crippen LogP contribution in [0, 0.1) is 5.92 Å². The number of aromatic nitrogens is 1. The minimum Gasteiger partial charge on any atom is -0.469 e. The van der Waals surface area contributed by atoms with Gasteiger partial charge in [-0.2, -0.15) is 0 Å². The first-order valence-corrected chi connectivity index (χ1v) is 5.66. The number of H-pyrrole nitrogens is 1. The molecular weight excluding hydrogens is 216 g/mol. The molecule has 0 radical (unpaired) electrons. The molecule has 0 saturated carbocycles. The van der Waals surface area contributed by atoms with Crippen LogP contribution in [0.3, 0.4) is 0 Å². The van der Waals surface area contributed by atoms with Gasteiger partial charge in [0.05, 0.1) is 13.0 Å². The Labute approximate surface area is 98.8 Å². The molecule has 1 heterocycles. The number of anilines is 1. The summed E-state index contributed by atoms with van der Waals surface area (Å²) in [6.07, 6.45) is 1.47. The van der Waals surface area contributed by atoms with Gasteiger partial charge in [-0.25, -0.2) is 0 Å². The first-order valence-electron chi connectivity index (χ1n) is 5.66. The molecule has 0 spiro atoms. The molecule has 88 valence electrons.